The van der Waals surface area contributed by atoms with Crippen LogP contribution >= 0.6 is 12.4 Å². The molecule has 0 aromatic heterocycles. The van der Waals surface area contributed by atoms with Gasteiger partial charge in [-0.2, -0.15) is 0 Å². The Hall–Kier alpha value is -0.570. The summed E-state index contributed by atoms with van der Waals surface area (Å²) in [6.07, 6.45) is 7.44. The first kappa shape index (κ1) is 18.5. The fraction of sp³-hybridized carbons (Fsp3) is 0.667. The highest BCUT2D eigenvalue weighted by Crippen LogP contribution is 2.22. The molecule has 120 valence electrons. The summed E-state index contributed by atoms with van der Waals surface area (Å²) in [6.45, 7) is 3.60. The third-order valence-electron chi connectivity index (χ3n) is 4.73. The van der Waals surface area contributed by atoms with Gasteiger partial charge >= 0.3 is 0 Å². The van der Waals surface area contributed by atoms with Crippen molar-refractivity contribution in [3.05, 3.63) is 35.9 Å². The number of hydrogen-bond donors (Lipinski definition) is 1. The van der Waals surface area contributed by atoms with Gasteiger partial charge in [-0.1, -0.05) is 37.3 Å². The van der Waals surface area contributed by atoms with E-state index in [0.717, 1.165) is 12.0 Å². The highest BCUT2D eigenvalue weighted by Gasteiger charge is 2.22. The lowest BCUT2D eigenvalue weighted by Gasteiger charge is -2.35. The number of benzene rings is 1. The van der Waals surface area contributed by atoms with Gasteiger partial charge in [0.2, 0.25) is 0 Å². The Bertz CT molecular complexity index is 374. The molecule has 2 rings (SSSR count). The van der Waals surface area contributed by atoms with Crippen molar-refractivity contribution in [1.29, 1.82) is 0 Å². The molecule has 0 heterocycles. The van der Waals surface area contributed by atoms with E-state index in [1.165, 1.54) is 50.6 Å². The lowest BCUT2D eigenvalue weighted by Crippen LogP contribution is -2.40. The van der Waals surface area contributed by atoms with Gasteiger partial charge in [0.05, 0.1) is 0 Å². The molecule has 1 aromatic rings. The van der Waals surface area contributed by atoms with Crippen LogP contribution < -0.4 is 5.73 Å². The molecular formula is C18H31ClN2. The first-order chi connectivity index (χ1) is 9.65. The first-order valence-corrected chi connectivity index (χ1v) is 8.15. The number of halogens is 1. The van der Waals surface area contributed by atoms with Crippen molar-refractivity contribution in [3.8, 4) is 0 Å². The molecule has 1 aliphatic carbocycles. The zero-order valence-corrected chi connectivity index (χ0v) is 14.3. The normalized spacial score (nSPS) is 23.6. The number of nitrogens with two attached hydrogens (primary N) is 1. The summed E-state index contributed by atoms with van der Waals surface area (Å²) < 4.78 is 0. The molecule has 2 N–H and O–H groups in total. The average molecular weight is 311 g/mol. The third kappa shape index (κ3) is 6.37. The molecule has 0 radical (unpaired) electrons. The number of aryl methyl sites for hydroxylation is 1. The lowest BCUT2D eigenvalue weighted by molar-refractivity contribution is 0.161. The first-order valence-electron chi connectivity index (χ1n) is 8.15. The third-order valence-corrected chi connectivity index (χ3v) is 4.73. The van der Waals surface area contributed by atoms with E-state index in [1.54, 1.807) is 0 Å². The van der Waals surface area contributed by atoms with E-state index in [9.17, 15) is 0 Å². The standard InChI is InChI=1S/C18H30N2.ClH/c1-15(8-9-16-6-4-3-5-7-16)14-20(2)18-12-10-17(19)11-13-18;/h3-7,15,17-18H,8-14,19H2,1-2H3;1H. The summed E-state index contributed by atoms with van der Waals surface area (Å²) in [5, 5.41) is 0. The van der Waals surface area contributed by atoms with E-state index in [-0.39, 0.29) is 12.4 Å². The fourth-order valence-corrected chi connectivity index (χ4v) is 3.33. The van der Waals surface area contributed by atoms with Crippen molar-refractivity contribution >= 4 is 12.4 Å². The van der Waals surface area contributed by atoms with Gasteiger partial charge in [0.15, 0.2) is 0 Å². The summed E-state index contributed by atoms with van der Waals surface area (Å²) >= 11 is 0. The van der Waals surface area contributed by atoms with Gasteiger partial charge in [-0.05, 0) is 57.1 Å². The summed E-state index contributed by atoms with van der Waals surface area (Å²) in [4.78, 5) is 2.57. The molecule has 1 aromatic carbocycles. The van der Waals surface area contributed by atoms with Crippen LogP contribution in [0.1, 0.15) is 44.6 Å². The predicted molar refractivity (Wildman–Crippen MR) is 94.0 cm³/mol. The zero-order chi connectivity index (χ0) is 14.4. The zero-order valence-electron chi connectivity index (χ0n) is 13.5. The summed E-state index contributed by atoms with van der Waals surface area (Å²) in [5.74, 6) is 0.760. The highest BCUT2D eigenvalue weighted by atomic mass is 35.5. The molecule has 0 saturated heterocycles. The maximum atomic E-state index is 5.99. The second kappa shape index (κ2) is 9.45. The smallest absolute Gasteiger partial charge is 0.00934 e. The SMILES string of the molecule is CC(CCc1ccccc1)CN(C)C1CCC(N)CC1.Cl. The minimum absolute atomic E-state index is 0. The van der Waals surface area contributed by atoms with Crippen LogP contribution in [0.2, 0.25) is 0 Å². The van der Waals surface area contributed by atoms with Gasteiger partial charge in [-0.15, -0.1) is 12.4 Å². The second-order valence-corrected chi connectivity index (χ2v) is 6.64. The minimum atomic E-state index is 0. The molecule has 21 heavy (non-hydrogen) atoms. The minimum Gasteiger partial charge on any atom is -0.328 e. The van der Waals surface area contributed by atoms with Crippen LogP contribution in [0.5, 0.6) is 0 Å². The fourth-order valence-electron chi connectivity index (χ4n) is 3.33. The molecule has 1 saturated carbocycles. The van der Waals surface area contributed by atoms with E-state index in [0.29, 0.717) is 6.04 Å². The largest absolute Gasteiger partial charge is 0.328 e. The van der Waals surface area contributed by atoms with Crippen LogP contribution in [-0.4, -0.2) is 30.6 Å². The molecule has 0 aliphatic heterocycles. The molecule has 1 atom stereocenters. The van der Waals surface area contributed by atoms with Gasteiger partial charge in [0.1, 0.15) is 0 Å². The predicted octanol–water partition coefficient (Wildman–Crippen LogP) is 3.88. The molecule has 1 aliphatic rings. The van der Waals surface area contributed by atoms with Gasteiger partial charge in [0, 0.05) is 18.6 Å². The second-order valence-electron chi connectivity index (χ2n) is 6.64. The van der Waals surface area contributed by atoms with Crippen molar-refractivity contribution in [3.63, 3.8) is 0 Å². The maximum absolute atomic E-state index is 5.99. The van der Waals surface area contributed by atoms with Gasteiger partial charge in [-0.25, -0.2) is 0 Å². The molecule has 2 nitrogen and oxygen atoms in total. The molecule has 3 heteroatoms. The molecular weight excluding hydrogens is 280 g/mol. The van der Waals surface area contributed by atoms with Crippen molar-refractivity contribution in [2.45, 2.75) is 57.5 Å². The van der Waals surface area contributed by atoms with Crippen LogP contribution in [0.3, 0.4) is 0 Å². The van der Waals surface area contributed by atoms with Crippen LogP contribution in [0, 0.1) is 5.92 Å². The lowest BCUT2D eigenvalue weighted by atomic mass is 9.90. The summed E-state index contributed by atoms with van der Waals surface area (Å²) in [5.41, 5.74) is 7.46. The van der Waals surface area contributed by atoms with Gasteiger partial charge in [0.25, 0.3) is 0 Å². The van der Waals surface area contributed by atoms with Crippen molar-refractivity contribution in [2.24, 2.45) is 11.7 Å². The Balaban J connectivity index is 0.00000220. The van der Waals surface area contributed by atoms with Crippen LogP contribution in [-0.2, 0) is 6.42 Å². The van der Waals surface area contributed by atoms with E-state index >= 15 is 0 Å². The van der Waals surface area contributed by atoms with E-state index < -0.39 is 0 Å². The Labute approximate surface area is 136 Å². The average Bonchev–Trinajstić information content (AvgIpc) is 2.47. The topological polar surface area (TPSA) is 29.3 Å². The quantitative estimate of drug-likeness (QED) is 0.864. The molecule has 0 spiro atoms. The Kier molecular flexibility index (Phi) is 8.31. The van der Waals surface area contributed by atoms with Crippen LogP contribution in [0.4, 0.5) is 0 Å². The molecule has 0 amide bonds. The Morgan fingerprint density at radius 1 is 1.14 bits per heavy atom. The van der Waals surface area contributed by atoms with Gasteiger partial charge in [-0.3, -0.25) is 0 Å². The van der Waals surface area contributed by atoms with E-state index in [2.05, 4.69) is 49.2 Å². The van der Waals surface area contributed by atoms with Crippen LogP contribution in [0.15, 0.2) is 30.3 Å². The Morgan fingerprint density at radius 2 is 1.76 bits per heavy atom. The molecule has 1 unspecified atom stereocenters. The van der Waals surface area contributed by atoms with Crippen LogP contribution in [0.25, 0.3) is 0 Å². The van der Waals surface area contributed by atoms with Crippen molar-refractivity contribution in [2.75, 3.05) is 13.6 Å². The van der Waals surface area contributed by atoms with Gasteiger partial charge < -0.3 is 10.6 Å². The number of hydrogen-bond acceptors (Lipinski definition) is 2. The summed E-state index contributed by atoms with van der Waals surface area (Å²) in [6, 6.07) is 12.0. The Morgan fingerprint density at radius 3 is 2.38 bits per heavy atom. The van der Waals surface area contributed by atoms with E-state index in [1.807, 2.05) is 0 Å². The number of nitrogens with zero attached hydrogens (tertiary/aromatic N) is 1. The monoisotopic (exact) mass is 310 g/mol. The highest BCUT2D eigenvalue weighted by molar-refractivity contribution is 5.85. The van der Waals surface area contributed by atoms with Crippen molar-refractivity contribution in [1.82, 2.24) is 4.90 Å². The molecule has 0 bridgehead atoms. The van der Waals surface area contributed by atoms with E-state index in [4.69, 9.17) is 5.73 Å². The molecule has 1 fully saturated rings. The van der Waals surface area contributed by atoms with Crippen molar-refractivity contribution < 1.29 is 0 Å². The maximum Gasteiger partial charge on any atom is 0.00934 e. The summed E-state index contributed by atoms with van der Waals surface area (Å²) in [7, 11) is 2.29. The number of rotatable bonds is 6.